The van der Waals surface area contributed by atoms with Crippen LogP contribution in [0.5, 0.6) is 6.01 Å². The molecule has 1 aromatic rings. The Morgan fingerprint density at radius 1 is 1.70 bits per heavy atom. The molecule has 0 saturated carbocycles. The molecule has 0 unspecified atom stereocenters. The van der Waals surface area contributed by atoms with Crippen LogP contribution in [0.4, 0.5) is 5.82 Å². The molecule has 5 heteroatoms. The van der Waals surface area contributed by atoms with E-state index in [1.54, 1.807) is 6.20 Å². The first-order valence-electron chi connectivity index (χ1n) is 2.56. The Hall–Kier alpha value is -0.590. The Morgan fingerprint density at radius 2 is 2.40 bits per heavy atom. The molecule has 0 bridgehead atoms. The van der Waals surface area contributed by atoms with Gasteiger partial charge in [-0.2, -0.15) is 4.98 Å². The number of nitrogen functional groups attached to an aromatic ring is 1. The van der Waals surface area contributed by atoms with E-state index in [0.717, 1.165) is 3.57 Å². The van der Waals surface area contributed by atoms with Crippen molar-refractivity contribution in [2.45, 2.75) is 0 Å². The predicted octanol–water partition coefficient (Wildman–Crippen LogP) is 0.672. The molecule has 0 atom stereocenters. The summed E-state index contributed by atoms with van der Waals surface area (Å²) in [7, 11) is 1.50. The van der Waals surface area contributed by atoms with Gasteiger partial charge in [0.2, 0.25) is 0 Å². The zero-order valence-corrected chi connectivity index (χ0v) is 7.49. The molecule has 1 rings (SSSR count). The van der Waals surface area contributed by atoms with Gasteiger partial charge in [-0.1, -0.05) is 0 Å². The number of aromatic nitrogens is 2. The fourth-order valence-corrected chi connectivity index (χ4v) is 0.722. The third-order valence-corrected chi connectivity index (χ3v) is 1.76. The van der Waals surface area contributed by atoms with E-state index in [-0.39, 0.29) is 0 Å². The minimum absolute atomic E-state index is 0.304. The Bertz CT molecular complexity index is 240. The smallest absolute Gasteiger partial charge is 0.318 e. The summed E-state index contributed by atoms with van der Waals surface area (Å²) < 4.78 is 5.58. The van der Waals surface area contributed by atoms with Gasteiger partial charge in [0.05, 0.1) is 10.7 Å². The summed E-state index contributed by atoms with van der Waals surface area (Å²) in [5.74, 6) is 0.451. The number of rotatable bonds is 1. The highest BCUT2D eigenvalue weighted by molar-refractivity contribution is 14.1. The van der Waals surface area contributed by atoms with Crippen LogP contribution < -0.4 is 10.5 Å². The standard InChI is InChI=1S/C5H6IN3O/c1-10-5-8-2-3(6)4(7)9-5/h2H,1H3,(H2,7,8,9). The van der Waals surface area contributed by atoms with Crippen molar-refractivity contribution in [3.05, 3.63) is 9.77 Å². The van der Waals surface area contributed by atoms with Gasteiger partial charge in [0.1, 0.15) is 5.82 Å². The summed E-state index contributed by atoms with van der Waals surface area (Å²) in [6.07, 6.45) is 1.61. The van der Waals surface area contributed by atoms with Gasteiger partial charge < -0.3 is 10.5 Å². The SMILES string of the molecule is COc1ncc(I)c(N)n1. The number of halogens is 1. The minimum Gasteiger partial charge on any atom is -0.467 e. The minimum atomic E-state index is 0.304. The number of ether oxygens (including phenoxy) is 1. The molecule has 0 saturated heterocycles. The lowest BCUT2D eigenvalue weighted by Gasteiger charge is -1.98. The van der Waals surface area contributed by atoms with E-state index in [0.29, 0.717) is 11.8 Å². The second kappa shape index (κ2) is 3.00. The Kier molecular flexibility index (Phi) is 2.25. The summed E-state index contributed by atoms with van der Waals surface area (Å²) in [6, 6.07) is 0.304. The van der Waals surface area contributed by atoms with Crippen molar-refractivity contribution < 1.29 is 4.74 Å². The number of nitrogens with zero attached hydrogens (tertiary/aromatic N) is 2. The second-order valence-corrected chi connectivity index (χ2v) is 2.75. The van der Waals surface area contributed by atoms with E-state index in [1.165, 1.54) is 7.11 Å². The first-order valence-corrected chi connectivity index (χ1v) is 3.64. The highest BCUT2D eigenvalue weighted by atomic mass is 127. The largest absolute Gasteiger partial charge is 0.467 e. The summed E-state index contributed by atoms with van der Waals surface area (Å²) in [6.45, 7) is 0. The molecule has 4 nitrogen and oxygen atoms in total. The maximum Gasteiger partial charge on any atom is 0.318 e. The van der Waals surface area contributed by atoms with Crippen LogP contribution in [0.1, 0.15) is 0 Å². The lowest BCUT2D eigenvalue weighted by molar-refractivity contribution is 0.380. The molecule has 0 radical (unpaired) electrons. The Balaban J connectivity index is 3.04. The third kappa shape index (κ3) is 1.47. The van der Waals surface area contributed by atoms with Gasteiger partial charge >= 0.3 is 6.01 Å². The fraction of sp³-hybridized carbons (Fsp3) is 0.200. The molecule has 10 heavy (non-hydrogen) atoms. The third-order valence-electron chi connectivity index (χ3n) is 0.932. The number of hydrogen-bond donors (Lipinski definition) is 1. The normalized spacial score (nSPS) is 9.40. The van der Waals surface area contributed by atoms with E-state index < -0.39 is 0 Å². The second-order valence-electron chi connectivity index (χ2n) is 1.59. The average Bonchev–Trinajstić information content (AvgIpc) is 1.95. The van der Waals surface area contributed by atoms with Crippen LogP contribution in [0.15, 0.2) is 6.20 Å². The molecule has 1 heterocycles. The summed E-state index contributed by atoms with van der Waals surface area (Å²) >= 11 is 2.05. The van der Waals surface area contributed by atoms with Gasteiger partial charge in [-0.15, -0.1) is 0 Å². The number of hydrogen-bond acceptors (Lipinski definition) is 4. The maximum atomic E-state index is 5.46. The lowest BCUT2D eigenvalue weighted by atomic mass is 10.6. The van der Waals surface area contributed by atoms with Crippen LogP contribution in [0, 0.1) is 3.57 Å². The highest BCUT2D eigenvalue weighted by Crippen LogP contribution is 2.12. The van der Waals surface area contributed by atoms with Crippen LogP contribution in [0.3, 0.4) is 0 Å². The van der Waals surface area contributed by atoms with Crippen molar-refractivity contribution in [3.8, 4) is 6.01 Å². The molecule has 0 fully saturated rings. The zero-order valence-electron chi connectivity index (χ0n) is 5.34. The molecule has 2 N–H and O–H groups in total. The van der Waals surface area contributed by atoms with E-state index in [1.807, 2.05) is 0 Å². The summed E-state index contributed by atoms with van der Waals surface area (Å²) in [5, 5.41) is 0. The van der Waals surface area contributed by atoms with E-state index in [2.05, 4.69) is 32.6 Å². The fourth-order valence-electron chi connectivity index (χ4n) is 0.462. The molecule has 0 aliphatic heterocycles. The van der Waals surface area contributed by atoms with Crippen molar-refractivity contribution in [2.24, 2.45) is 0 Å². The van der Waals surface area contributed by atoms with E-state index >= 15 is 0 Å². The lowest BCUT2D eigenvalue weighted by Crippen LogP contribution is -1.98. The van der Waals surface area contributed by atoms with Gasteiger partial charge in [-0.25, -0.2) is 4.98 Å². The van der Waals surface area contributed by atoms with E-state index in [9.17, 15) is 0 Å². The van der Waals surface area contributed by atoms with Gasteiger partial charge in [0.25, 0.3) is 0 Å². The van der Waals surface area contributed by atoms with Gasteiger partial charge in [0, 0.05) is 6.20 Å². The van der Waals surface area contributed by atoms with Crippen LogP contribution >= 0.6 is 22.6 Å². The predicted molar refractivity (Wildman–Crippen MR) is 45.7 cm³/mol. The van der Waals surface area contributed by atoms with Crippen LogP contribution in [-0.4, -0.2) is 17.1 Å². The van der Waals surface area contributed by atoms with Crippen molar-refractivity contribution in [3.63, 3.8) is 0 Å². The average molecular weight is 251 g/mol. The van der Waals surface area contributed by atoms with Gasteiger partial charge in [-0.05, 0) is 22.6 Å². The summed E-state index contributed by atoms with van der Waals surface area (Å²) in [5.41, 5.74) is 5.46. The molecule has 0 aromatic carbocycles. The first-order chi connectivity index (χ1) is 4.74. The molecular weight excluding hydrogens is 245 g/mol. The Morgan fingerprint density at radius 3 is 2.90 bits per heavy atom. The van der Waals surface area contributed by atoms with Gasteiger partial charge in [0.15, 0.2) is 0 Å². The number of methoxy groups -OCH3 is 1. The van der Waals surface area contributed by atoms with Crippen LogP contribution in [0.25, 0.3) is 0 Å². The first kappa shape index (κ1) is 7.52. The Labute approximate surface area is 72.0 Å². The molecule has 1 aromatic heterocycles. The molecule has 0 aliphatic carbocycles. The van der Waals surface area contributed by atoms with Crippen molar-refractivity contribution in [2.75, 3.05) is 12.8 Å². The monoisotopic (exact) mass is 251 g/mol. The maximum absolute atomic E-state index is 5.46. The van der Waals surface area contributed by atoms with Gasteiger partial charge in [-0.3, -0.25) is 0 Å². The zero-order chi connectivity index (χ0) is 7.56. The highest BCUT2D eigenvalue weighted by Gasteiger charge is 1.98. The van der Waals surface area contributed by atoms with Crippen LogP contribution in [0.2, 0.25) is 0 Å². The molecular formula is C5H6IN3O. The quantitative estimate of drug-likeness (QED) is 0.745. The van der Waals surface area contributed by atoms with E-state index in [4.69, 9.17) is 10.5 Å². The van der Waals surface area contributed by atoms with Crippen LogP contribution in [-0.2, 0) is 0 Å². The topological polar surface area (TPSA) is 61.0 Å². The number of anilines is 1. The van der Waals surface area contributed by atoms with Crippen molar-refractivity contribution in [1.82, 2.24) is 9.97 Å². The molecule has 0 amide bonds. The van der Waals surface area contributed by atoms with Crippen molar-refractivity contribution >= 4 is 28.4 Å². The molecule has 54 valence electrons. The molecule has 0 aliphatic rings. The van der Waals surface area contributed by atoms with Crippen molar-refractivity contribution in [1.29, 1.82) is 0 Å². The molecule has 0 spiro atoms. The number of nitrogens with two attached hydrogens (primary N) is 1. The summed E-state index contributed by atoms with van der Waals surface area (Å²) in [4.78, 5) is 7.66.